The topological polar surface area (TPSA) is 29.1 Å². The zero-order valence-electron chi connectivity index (χ0n) is 8.09. The van der Waals surface area contributed by atoms with Crippen LogP contribution >= 0.6 is 23.2 Å². The van der Waals surface area contributed by atoms with E-state index in [9.17, 15) is 4.79 Å². The molecule has 2 nitrogen and oxygen atoms in total. The van der Waals surface area contributed by atoms with Crippen molar-refractivity contribution in [1.82, 2.24) is 5.32 Å². The lowest BCUT2D eigenvalue weighted by Crippen LogP contribution is -2.20. The standard InChI is InChI=1S/C11H11Cl2NO/c12-9-3-1-2-7(10(9)13)6-8-4-5-14-11(8)15/h1-3,8H,4-6H2,(H,14,15). The van der Waals surface area contributed by atoms with Crippen LogP contribution < -0.4 is 5.32 Å². The molecule has 1 aromatic rings. The van der Waals surface area contributed by atoms with Crippen LogP contribution in [0.3, 0.4) is 0 Å². The van der Waals surface area contributed by atoms with Gasteiger partial charge in [-0.3, -0.25) is 4.79 Å². The summed E-state index contributed by atoms with van der Waals surface area (Å²) in [6, 6.07) is 5.53. The van der Waals surface area contributed by atoms with Crippen molar-refractivity contribution in [1.29, 1.82) is 0 Å². The Kier molecular flexibility index (Phi) is 3.17. The van der Waals surface area contributed by atoms with Gasteiger partial charge in [-0.1, -0.05) is 35.3 Å². The third kappa shape index (κ3) is 2.27. The van der Waals surface area contributed by atoms with Gasteiger partial charge >= 0.3 is 0 Å². The maximum atomic E-state index is 11.4. The normalized spacial score (nSPS) is 20.4. The average Bonchev–Trinajstić information content (AvgIpc) is 2.60. The van der Waals surface area contributed by atoms with Gasteiger partial charge in [-0.05, 0) is 24.5 Å². The van der Waals surface area contributed by atoms with Crippen LogP contribution in [0.15, 0.2) is 18.2 Å². The van der Waals surface area contributed by atoms with Gasteiger partial charge in [-0.25, -0.2) is 0 Å². The van der Waals surface area contributed by atoms with E-state index in [-0.39, 0.29) is 11.8 Å². The lowest BCUT2D eigenvalue weighted by molar-refractivity contribution is -0.122. The highest BCUT2D eigenvalue weighted by molar-refractivity contribution is 6.42. The molecular weight excluding hydrogens is 233 g/mol. The van der Waals surface area contributed by atoms with E-state index in [1.165, 1.54) is 0 Å². The number of hydrogen-bond donors (Lipinski definition) is 1. The molecule has 1 fully saturated rings. The van der Waals surface area contributed by atoms with Crippen LogP contribution in [0.25, 0.3) is 0 Å². The Hall–Kier alpha value is -0.730. The van der Waals surface area contributed by atoms with Crippen LogP contribution in [0, 0.1) is 5.92 Å². The van der Waals surface area contributed by atoms with Gasteiger partial charge in [0.2, 0.25) is 5.91 Å². The van der Waals surface area contributed by atoms with Crippen molar-refractivity contribution in [2.75, 3.05) is 6.54 Å². The molecule has 0 saturated carbocycles. The van der Waals surface area contributed by atoms with E-state index >= 15 is 0 Å². The van der Waals surface area contributed by atoms with Crippen LogP contribution in [-0.2, 0) is 11.2 Å². The fourth-order valence-electron chi connectivity index (χ4n) is 1.81. The number of nitrogens with one attached hydrogen (secondary N) is 1. The molecule has 1 aliphatic rings. The molecule has 1 saturated heterocycles. The zero-order valence-corrected chi connectivity index (χ0v) is 9.61. The molecule has 1 aliphatic heterocycles. The molecule has 0 bridgehead atoms. The van der Waals surface area contributed by atoms with Gasteiger partial charge in [0.05, 0.1) is 10.0 Å². The molecule has 0 radical (unpaired) electrons. The maximum Gasteiger partial charge on any atom is 0.223 e. The second kappa shape index (κ2) is 4.42. The molecule has 1 aromatic carbocycles. The van der Waals surface area contributed by atoms with E-state index in [1.807, 2.05) is 12.1 Å². The SMILES string of the molecule is O=C1NCCC1Cc1cccc(Cl)c1Cl. The first kappa shape index (κ1) is 10.8. The summed E-state index contributed by atoms with van der Waals surface area (Å²) in [6.45, 7) is 0.766. The molecule has 0 aliphatic carbocycles. The number of hydrogen-bond acceptors (Lipinski definition) is 1. The summed E-state index contributed by atoms with van der Waals surface area (Å²) in [7, 11) is 0. The number of amides is 1. The quantitative estimate of drug-likeness (QED) is 0.851. The van der Waals surface area contributed by atoms with E-state index in [1.54, 1.807) is 6.07 Å². The molecule has 2 rings (SSSR count). The van der Waals surface area contributed by atoms with Crippen molar-refractivity contribution in [3.8, 4) is 0 Å². The Labute approximate surface area is 98.6 Å². The van der Waals surface area contributed by atoms with Crippen molar-refractivity contribution in [3.05, 3.63) is 33.8 Å². The van der Waals surface area contributed by atoms with E-state index in [0.29, 0.717) is 16.5 Å². The Balaban J connectivity index is 2.17. The monoisotopic (exact) mass is 243 g/mol. The molecule has 1 N–H and O–H groups in total. The summed E-state index contributed by atoms with van der Waals surface area (Å²) in [6.07, 6.45) is 1.55. The lowest BCUT2D eigenvalue weighted by atomic mass is 9.98. The Bertz CT molecular complexity index is 392. The Morgan fingerprint density at radius 3 is 2.87 bits per heavy atom. The first-order valence-electron chi connectivity index (χ1n) is 4.89. The van der Waals surface area contributed by atoms with Crippen molar-refractivity contribution < 1.29 is 4.79 Å². The van der Waals surface area contributed by atoms with Crippen LogP contribution in [0.5, 0.6) is 0 Å². The van der Waals surface area contributed by atoms with E-state index in [2.05, 4.69) is 5.32 Å². The molecule has 0 aromatic heterocycles. The predicted molar refractivity (Wildman–Crippen MR) is 61.3 cm³/mol. The number of carbonyl (C=O) groups excluding carboxylic acids is 1. The second-order valence-electron chi connectivity index (χ2n) is 3.69. The molecule has 15 heavy (non-hydrogen) atoms. The van der Waals surface area contributed by atoms with E-state index in [4.69, 9.17) is 23.2 Å². The summed E-state index contributed by atoms with van der Waals surface area (Å²) in [4.78, 5) is 11.4. The van der Waals surface area contributed by atoms with Crippen molar-refractivity contribution >= 4 is 29.1 Å². The molecule has 1 unspecified atom stereocenters. The predicted octanol–water partition coefficient (Wildman–Crippen LogP) is 2.67. The van der Waals surface area contributed by atoms with Gasteiger partial charge in [0.1, 0.15) is 0 Å². The van der Waals surface area contributed by atoms with Gasteiger partial charge in [-0.15, -0.1) is 0 Å². The highest BCUT2D eigenvalue weighted by Gasteiger charge is 2.24. The fourth-order valence-corrected chi connectivity index (χ4v) is 2.21. The van der Waals surface area contributed by atoms with E-state index < -0.39 is 0 Å². The van der Waals surface area contributed by atoms with E-state index in [0.717, 1.165) is 18.5 Å². The minimum atomic E-state index is 0.0426. The first-order chi connectivity index (χ1) is 7.18. The third-order valence-corrected chi connectivity index (χ3v) is 3.52. The van der Waals surface area contributed by atoms with Crippen molar-refractivity contribution in [2.45, 2.75) is 12.8 Å². The number of halogens is 2. The van der Waals surface area contributed by atoms with Gasteiger partial charge in [0.15, 0.2) is 0 Å². The highest BCUT2D eigenvalue weighted by atomic mass is 35.5. The third-order valence-electron chi connectivity index (χ3n) is 2.66. The maximum absolute atomic E-state index is 11.4. The molecule has 80 valence electrons. The van der Waals surface area contributed by atoms with Gasteiger partial charge < -0.3 is 5.32 Å². The van der Waals surface area contributed by atoms with Crippen LogP contribution in [0.1, 0.15) is 12.0 Å². The van der Waals surface area contributed by atoms with Gasteiger partial charge in [-0.2, -0.15) is 0 Å². The molecule has 0 spiro atoms. The zero-order chi connectivity index (χ0) is 10.8. The molecule has 1 heterocycles. The summed E-state index contributed by atoms with van der Waals surface area (Å²) in [5.74, 6) is 0.159. The molecule has 1 atom stereocenters. The number of benzene rings is 1. The summed E-state index contributed by atoms with van der Waals surface area (Å²) in [5, 5.41) is 3.93. The molecule has 1 amide bonds. The van der Waals surface area contributed by atoms with Gasteiger partial charge in [0, 0.05) is 12.5 Å². The van der Waals surface area contributed by atoms with Gasteiger partial charge in [0.25, 0.3) is 0 Å². The smallest absolute Gasteiger partial charge is 0.223 e. The summed E-state index contributed by atoms with van der Waals surface area (Å²) >= 11 is 12.0. The molecular formula is C11H11Cl2NO. The van der Waals surface area contributed by atoms with Crippen LogP contribution in [0.4, 0.5) is 0 Å². The highest BCUT2D eigenvalue weighted by Crippen LogP contribution is 2.28. The Morgan fingerprint density at radius 2 is 2.20 bits per heavy atom. The Morgan fingerprint density at radius 1 is 1.40 bits per heavy atom. The second-order valence-corrected chi connectivity index (χ2v) is 4.48. The minimum Gasteiger partial charge on any atom is -0.356 e. The first-order valence-corrected chi connectivity index (χ1v) is 5.64. The van der Waals surface area contributed by atoms with Crippen molar-refractivity contribution in [2.24, 2.45) is 5.92 Å². The van der Waals surface area contributed by atoms with Crippen molar-refractivity contribution in [3.63, 3.8) is 0 Å². The van der Waals surface area contributed by atoms with Crippen LogP contribution in [-0.4, -0.2) is 12.5 Å². The van der Waals surface area contributed by atoms with Crippen LogP contribution in [0.2, 0.25) is 10.0 Å². The average molecular weight is 244 g/mol. The summed E-state index contributed by atoms with van der Waals surface area (Å²) < 4.78 is 0. The number of carbonyl (C=O) groups is 1. The largest absolute Gasteiger partial charge is 0.356 e. The molecule has 4 heteroatoms. The summed E-state index contributed by atoms with van der Waals surface area (Å²) in [5.41, 5.74) is 0.950. The fraction of sp³-hybridized carbons (Fsp3) is 0.364. The lowest BCUT2D eigenvalue weighted by Gasteiger charge is -2.09. The minimum absolute atomic E-state index is 0.0426. The number of rotatable bonds is 2.